The van der Waals surface area contributed by atoms with Gasteiger partial charge in [0.2, 0.25) is 0 Å². The molecule has 6 heteroatoms. The number of nitrogens with zero attached hydrogens (tertiary/aromatic N) is 1. The summed E-state index contributed by atoms with van der Waals surface area (Å²) in [6, 6.07) is 37.1. The maximum absolute atomic E-state index is 11.8. The number of nitrogens with one attached hydrogen (secondary N) is 1. The zero-order valence-corrected chi connectivity index (χ0v) is 24.8. The third-order valence-electron chi connectivity index (χ3n) is 6.66. The van der Waals surface area contributed by atoms with Crippen LogP contribution in [0, 0.1) is 7.14 Å². The van der Waals surface area contributed by atoms with Crippen molar-refractivity contribution < 1.29 is 9.53 Å². The molecule has 0 fully saturated rings. The lowest BCUT2D eigenvalue weighted by atomic mass is 9.80. The van der Waals surface area contributed by atoms with E-state index in [2.05, 4.69) is 99.0 Å². The van der Waals surface area contributed by atoms with Crippen molar-refractivity contribution in [2.75, 3.05) is 5.32 Å². The predicted molar refractivity (Wildman–Crippen MR) is 170 cm³/mol. The number of aliphatic imine (C=N–C) groups is 1. The average molecular weight is 724 g/mol. The van der Waals surface area contributed by atoms with Crippen molar-refractivity contribution in [2.45, 2.75) is 24.5 Å². The molecule has 1 aliphatic heterocycles. The summed E-state index contributed by atoms with van der Waals surface area (Å²) in [6.07, 6.45) is 2.16. The van der Waals surface area contributed by atoms with E-state index >= 15 is 0 Å². The van der Waals surface area contributed by atoms with Crippen LogP contribution >= 0.6 is 45.2 Å². The fraction of sp³-hybridized carbons (Fsp3) is 0.125. The minimum absolute atomic E-state index is 0.00790. The SMILES string of the molecule is O=COC(c1ccc(I)cc1)C(C1=C(Nc2ccc(I)cc2)CC(c2ccccc2)N=C1)c1ccccc1. The molecule has 0 aromatic heterocycles. The summed E-state index contributed by atoms with van der Waals surface area (Å²) in [5.74, 6) is -0.256. The predicted octanol–water partition coefficient (Wildman–Crippen LogP) is 8.48. The molecule has 3 atom stereocenters. The molecule has 5 rings (SSSR count). The number of hydrogen-bond donors (Lipinski definition) is 1. The largest absolute Gasteiger partial charge is 0.459 e. The van der Waals surface area contributed by atoms with E-state index in [4.69, 9.17) is 9.73 Å². The maximum Gasteiger partial charge on any atom is 0.293 e. The Labute approximate surface area is 250 Å². The van der Waals surface area contributed by atoms with Gasteiger partial charge >= 0.3 is 0 Å². The van der Waals surface area contributed by atoms with Crippen molar-refractivity contribution in [3.63, 3.8) is 0 Å². The highest BCUT2D eigenvalue weighted by atomic mass is 127. The Morgan fingerprint density at radius 2 is 1.39 bits per heavy atom. The maximum atomic E-state index is 11.8. The molecule has 0 saturated heterocycles. The second-order valence-corrected chi connectivity index (χ2v) is 11.6. The third-order valence-corrected chi connectivity index (χ3v) is 8.10. The second-order valence-electron chi connectivity index (χ2n) is 9.07. The monoisotopic (exact) mass is 724 g/mol. The molecule has 1 heterocycles. The van der Waals surface area contributed by atoms with Crippen LogP contribution in [0.1, 0.15) is 41.2 Å². The van der Waals surface area contributed by atoms with Gasteiger partial charge in [0.1, 0.15) is 6.10 Å². The number of ether oxygens (including phenoxy) is 1. The Morgan fingerprint density at radius 1 is 0.789 bits per heavy atom. The van der Waals surface area contributed by atoms with E-state index in [0.717, 1.165) is 31.7 Å². The molecule has 0 spiro atoms. The van der Waals surface area contributed by atoms with E-state index in [1.807, 2.05) is 66.9 Å². The van der Waals surface area contributed by atoms with Gasteiger partial charge in [0.05, 0.1) is 12.0 Å². The van der Waals surface area contributed by atoms with Crippen LogP contribution in [-0.2, 0) is 9.53 Å². The number of carbonyl (C=O) groups is 1. The van der Waals surface area contributed by atoms with E-state index in [-0.39, 0.29) is 12.0 Å². The summed E-state index contributed by atoms with van der Waals surface area (Å²) >= 11 is 4.60. The molecule has 1 aliphatic rings. The van der Waals surface area contributed by atoms with Gasteiger partial charge in [-0.3, -0.25) is 9.79 Å². The minimum Gasteiger partial charge on any atom is -0.459 e. The summed E-state index contributed by atoms with van der Waals surface area (Å²) in [4.78, 5) is 16.8. The zero-order chi connectivity index (χ0) is 26.3. The van der Waals surface area contributed by atoms with Gasteiger partial charge in [-0.15, -0.1) is 0 Å². The van der Waals surface area contributed by atoms with Crippen LogP contribution in [0.25, 0.3) is 0 Å². The Morgan fingerprint density at radius 3 is 2.03 bits per heavy atom. The molecule has 4 aromatic carbocycles. The zero-order valence-electron chi connectivity index (χ0n) is 20.5. The molecule has 3 unspecified atom stereocenters. The van der Waals surface area contributed by atoms with Gasteiger partial charge in [0.15, 0.2) is 0 Å². The lowest BCUT2D eigenvalue weighted by molar-refractivity contribution is -0.134. The Balaban J connectivity index is 1.64. The highest BCUT2D eigenvalue weighted by Gasteiger charge is 2.33. The normalized spacial score (nSPS) is 16.5. The molecule has 0 radical (unpaired) electrons. The van der Waals surface area contributed by atoms with Crippen molar-refractivity contribution in [2.24, 2.45) is 4.99 Å². The number of rotatable bonds is 9. The second kappa shape index (κ2) is 12.7. The van der Waals surface area contributed by atoms with E-state index in [9.17, 15) is 4.79 Å². The van der Waals surface area contributed by atoms with Gasteiger partial charge in [-0.05, 0) is 98.3 Å². The summed E-state index contributed by atoms with van der Waals surface area (Å²) in [5, 5.41) is 3.71. The molecule has 1 N–H and O–H groups in total. The third kappa shape index (κ3) is 6.35. The number of anilines is 1. The van der Waals surface area contributed by atoms with Crippen molar-refractivity contribution >= 4 is 63.6 Å². The van der Waals surface area contributed by atoms with Crippen LogP contribution in [0.5, 0.6) is 0 Å². The number of dihydropyridines is 1. The molecular formula is C32H26I2N2O2. The number of benzene rings is 4. The average Bonchev–Trinajstić information content (AvgIpc) is 2.96. The molecule has 4 aromatic rings. The lowest BCUT2D eigenvalue weighted by Gasteiger charge is -2.32. The van der Waals surface area contributed by atoms with E-state index in [1.54, 1.807) is 0 Å². The van der Waals surface area contributed by atoms with Crippen molar-refractivity contribution in [3.05, 3.63) is 144 Å². The van der Waals surface area contributed by atoms with Crippen molar-refractivity contribution in [1.82, 2.24) is 0 Å². The highest BCUT2D eigenvalue weighted by Crippen LogP contribution is 2.43. The fourth-order valence-electron chi connectivity index (χ4n) is 4.83. The minimum atomic E-state index is -0.518. The van der Waals surface area contributed by atoms with Gasteiger partial charge < -0.3 is 10.1 Å². The summed E-state index contributed by atoms with van der Waals surface area (Å²) in [6.45, 7) is 0.554. The van der Waals surface area contributed by atoms with Crippen molar-refractivity contribution in [1.29, 1.82) is 0 Å². The molecule has 38 heavy (non-hydrogen) atoms. The van der Waals surface area contributed by atoms with Crippen LogP contribution in [0.3, 0.4) is 0 Å². The van der Waals surface area contributed by atoms with E-state index in [1.165, 1.54) is 9.13 Å². The summed E-state index contributed by atoms with van der Waals surface area (Å²) < 4.78 is 8.15. The van der Waals surface area contributed by atoms with Crippen LogP contribution in [0.2, 0.25) is 0 Å². The molecule has 0 amide bonds. The molecule has 190 valence electrons. The molecule has 0 saturated carbocycles. The first-order chi connectivity index (χ1) is 18.6. The number of carbonyl (C=O) groups excluding carboxylic acids is 1. The van der Waals surface area contributed by atoms with E-state index < -0.39 is 6.10 Å². The number of hydrogen-bond acceptors (Lipinski definition) is 4. The summed E-state index contributed by atoms with van der Waals surface area (Å²) in [7, 11) is 0. The van der Waals surface area contributed by atoms with E-state index in [0.29, 0.717) is 12.9 Å². The Bertz CT molecular complexity index is 1420. The topological polar surface area (TPSA) is 50.7 Å². The Hall–Kier alpha value is -2.98. The van der Waals surface area contributed by atoms with Crippen LogP contribution < -0.4 is 5.32 Å². The van der Waals surface area contributed by atoms with Gasteiger partial charge in [-0.25, -0.2) is 0 Å². The van der Waals surface area contributed by atoms with Gasteiger partial charge in [-0.2, -0.15) is 0 Å². The standard InChI is InChI=1S/C32H26I2N2O2/c33-25-13-11-24(12-14-25)32(38-21-37)31(23-9-5-2-6-10-23)28-20-35-29(22-7-3-1-4-8-22)19-30(28)36-27-17-15-26(34)16-18-27/h1-18,20-21,29,31-32,36H,19H2. The van der Waals surface area contributed by atoms with Crippen LogP contribution in [0.4, 0.5) is 5.69 Å². The first kappa shape index (κ1) is 26.6. The number of halogens is 2. The smallest absolute Gasteiger partial charge is 0.293 e. The van der Waals surface area contributed by atoms with Crippen LogP contribution in [-0.4, -0.2) is 12.7 Å². The van der Waals surface area contributed by atoms with Gasteiger partial charge in [0.25, 0.3) is 6.47 Å². The highest BCUT2D eigenvalue weighted by molar-refractivity contribution is 14.1. The van der Waals surface area contributed by atoms with Crippen molar-refractivity contribution in [3.8, 4) is 0 Å². The van der Waals surface area contributed by atoms with Gasteiger partial charge in [-0.1, -0.05) is 72.8 Å². The van der Waals surface area contributed by atoms with Gasteiger partial charge in [0, 0.05) is 36.7 Å². The fourth-order valence-corrected chi connectivity index (χ4v) is 5.55. The molecular weight excluding hydrogens is 698 g/mol. The molecule has 0 aliphatic carbocycles. The molecule has 4 nitrogen and oxygen atoms in total. The first-order valence-corrected chi connectivity index (χ1v) is 14.5. The summed E-state index contributed by atoms with van der Waals surface area (Å²) in [5.41, 5.74) is 6.24. The Kier molecular flexibility index (Phi) is 8.90. The lowest BCUT2D eigenvalue weighted by Crippen LogP contribution is -2.23. The van der Waals surface area contributed by atoms with Crippen LogP contribution in [0.15, 0.2) is 125 Å². The molecule has 0 bridgehead atoms. The quantitative estimate of drug-likeness (QED) is 0.139. The first-order valence-electron chi connectivity index (χ1n) is 12.4.